The van der Waals surface area contributed by atoms with Crippen molar-refractivity contribution in [2.45, 2.75) is 6.04 Å². The summed E-state index contributed by atoms with van der Waals surface area (Å²) >= 11 is 4.70. The fraction of sp³-hybridized carbons (Fsp3) is 0.148. The molecule has 4 aromatic rings. The third-order valence-electron chi connectivity index (χ3n) is 6.24. The lowest BCUT2D eigenvalue weighted by Crippen LogP contribution is -2.29. The van der Waals surface area contributed by atoms with E-state index in [1.165, 1.54) is 16.2 Å². The fourth-order valence-corrected chi connectivity index (χ4v) is 5.74. The highest BCUT2D eigenvalue weighted by Gasteiger charge is 2.48. The molecule has 2 aliphatic heterocycles. The van der Waals surface area contributed by atoms with Gasteiger partial charge < -0.3 is 19.3 Å². The molecule has 0 aliphatic carbocycles. The first-order chi connectivity index (χ1) is 17.9. The number of nitrogens with zero attached hydrogens (tertiary/aromatic N) is 2. The van der Waals surface area contributed by atoms with E-state index < -0.39 is 17.7 Å². The molecule has 1 N–H and O–H groups in total. The Morgan fingerprint density at radius 2 is 1.81 bits per heavy atom. The second-order valence-corrected chi connectivity index (χ2v) is 10.3. The van der Waals surface area contributed by atoms with Crippen LogP contribution in [0.1, 0.15) is 17.2 Å². The molecule has 3 heterocycles. The molecule has 3 aromatic carbocycles. The summed E-state index contributed by atoms with van der Waals surface area (Å²) in [4.78, 5) is 32.9. The fourth-order valence-electron chi connectivity index (χ4n) is 4.46. The topological polar surface area (TPSA) is 98.2 Å². The van der Waals surface area contributed by atoms with Crippen molar-refractivity contribution in [2.75, 3.05) is 25.2 Å². The van der Waals surface area contributed by atoms with Crippen molar-refractivity contribution >= 4 is 60.1 Å². The van der Waals surface area contributed by atoms with Gasteiger partial charge in [0.1, 0.15) is 24.7 Å². The molecule has 8 nitrogen and oxygen atoms in total. The first kappa shape index (κ1) is 23.5. The van der Waals surface area contributed by atoms with Gasteiger partial charge in [0, 0.05) is 10.0 Å². The van der Waals surface area contributed by atoms with E-state index in [9.17, 15) is 14.7 Å². The van der Waals surface area contributed by atoms with Crippen molar-refractivity contribution in [1.29, 1.82) is 0 Å². The second-order valence-electron chi connectivity index (χ2n) is 8.41. The number of amides is 1. The van der Waals surface area contributed by atoms with Gasteiger partial charge in [-0.3, -0.25) is 14.5 Å². The first-order valence-electron chi connectivity index (χ1n) is 11.4. The Morgan fingerprint density at radius 1 is 1.05 bits per heavy atom. The minimum Gasteiger partial charge on any atom is -0.507 e. The van der Waals surface area contributed by atoms with Gasteiger partial charge in [-0.25, -0.2) is 4.98 Å². The summed E-state index contributed by atoms with van der Waals surface area (Å²) in [5.74, 6) is -0.182. The lowest BCUT2D eigenvalue weighted by Gasteiger charge is -2.23. The summed E-state index contributed by atoms with van der Waals surface area (Å²) < 4.78 is 18.2. The molecule has 0 unspecified atom stereocenters. The number of ether oxygens (including phenoxy) is 3. The first-order valence-corrected chi connectivity index (χ1v) is 13.0. The Hall–Kier alpha value is -3.89. The molecule has 0 bridgehead atoms. The number of carbonyl (C=O) groups is 2. The summed E-state index contributed by atoms with van der Waals surface area (Å²) in [7, 11) is 1.58. The van der Waals surface area contributed by atoms with Crippen LogP contribution in [-0.2, 0) is 9.59 Å². The van der Waals surface area contributed by atoms with E-state index in [2.05, 4.69) is 20.9 Å². The van der Waals surface area contributed by atoms with Gasteiger partial charge in [0.05, 0.1) is 28.9 Å². The van der Waals surface area contributed by atoms with Crippen LogP contribution in [0, 0.1) is 0 Å². The molecule has 1 fully saturated rings. The van der Waals surface area contributed by atoms with Crippen LogP contribution in [0.5, 0.6) is 17.2 Å². The SMILES string of the molecule is COc1ccc2nc(N3C(=O)C(=O)C(=C(O)c4ccc5c(c4)OCCO5)[C@@H]3c3ccc(Br)cc3)sc2c1. The zero-order valence-electron chi connectivity index (χ0n) is 19.4. The number of aliphatic hydroxyl groups is 1. The van der Waals surface area contributed by atoms with E-state index in [-0.39, 0.29) is 11.3 Å². The zero-order chi connectivity index (χ0) is 25.7. The number of rotatable bonds is 4. The number of ketones is 1. The predicted molar refractivity (Wildman–Crippen MR) is 143 cm³/mol. The number of anilines is 1. The van der Waals surface area contributed by atoms with E-state index >= 15 is 0 Å². The van der Waals surface area contributed by atoms with E-state index in [0.29, 0.717) is 52.2 Å². The van der Waals surface area contributed by atoms with Crippen LogP contribution in [0.25, 0.3) is 16.0 Å². The Bertz CT molecular complexity index is 1600. The summed E-state index contributed by atoms with van der Waals surface area (Å²) in [6.45, 7) is 0.809. The van der Waals surface area contributed by atoms with E-state index in [1.807, 2.05) is 18.2 Å². The van der Waals surface area contributed by atoms with Crippen LogP contribution in [-0.4, -0.2) is 42.1 Å². The van der Waals surface area contributed by atoms with Crippen molar-refractivity contribution in [3.63, 3.8) is 0 Å². The van der Waals surface area contributed by atoms with Gasteiger partial charge in [-0.1, -0.05) is 39.4 Å². The number of halogens is 1. The largest absolute Gasteiger partial charge is 0.507 e. The third kappa shape index (κ3) is 4.02. The number of thiazole rings is 1. The molecule has 1 amide bonds. The highest BCUT2D eigenvalue weighted by molar-refractivity contribution is 9.10. The number of carbonyl (C=O) groups excluding carboxylic acids is 2. The van der Waals surface area contributed by atoms with Crippen LogP contribution in [0.2, 0.25) is 0 Å². The summed E-state index contributed by atoms with van der Waals surface area (Å²) in [5.41, 5.74) is 1.64. The maximum atomic E-state index is 13.5. The van der Waals surface area contributed by atoms with Crippen molar-refractivity contribution in [1.82, 2.24) is 4.98 Å². The van der Waals surface area contributed by atoms with Gasteiger partial charge in [-0.05, 0) is 54.1 Å². The lowest BCUT2D eigenvalue weighted by atomic mass is 9.95. The highest BCUT2D eigenvalue weighted by atomic mass is 79.9. The van der Waals surface area contributed by atoms with Gasteiger partial charge in [0.2, 0.25) is 0 Å². The average Bonchev–Trinajstić information content (AvgIpc) is 3.46. The number of hydrogen-bond acceptors (Lipinski definition) is 8. The Labute approximate surface area is 223 Å². The molecule has 1 aromatic heterocycles. The molecule has 37 heavy (non-hydrogen) atoms. The molecule has 6 rings (SSSR count). The smallest absolute Gasteiger partial charge is 0.301 e. The molecule has 10 heteroatoms. The van der Waals surface area contributed by atoms with Crippen molar-refractivity contribution in [3.8, 4) is 17.2 Å². The number of fused-ring (bicyclic) bond motifs is 2. The Morgan fingerprint density at radius 3 is 2.57 bits per heavy atom. The van der Waals surface area contributed by atoms with Crippen LogP contribution in [0.4, 0.5) is 5.13 Å². The van der Waals surface area contributed by atoms with Gasteiger partial charge in [-0.15, -0.1) is 0 Å². The standard InChI is InChI=1S/C27H19BrN2O6S/c1-34-17-7-8-18-21(13-17)37-27(29-18)30-23(14-2-5-16(28)6-3-14)22(25(32)26(30)33)24(31)15-4-9-19-20(12-15)36-11-10-35-19/h2-9,12-13,23,31H,10-11H2,1H3/t23-/m0/s1. The van der Waals surface area contributed by atoms with Gasteiger partial charge in [0.25, 0.3) is 5.78 Å². The average molecular weight is 579 g/mol. The molecule has 1 atom stereocenters. The number of aromatic nitrogens is 1. The molecule has 0 saturated carbocycles. The van der Waals surface area contributed by atoms with E-state index in [0.717, 1.165) is 9.17 Å². The predicted octanol–water partition coefficient (Wildman–Crippen LogP) is 5.46. The molecular weight excluding hydrogens is 560 g/mol. The number of hydrogen-bond donors (Lipinski definition) is 1. The maximum Gasteiger partial charge on any atom is 0.301 e. The van der Waals surface area contributed by atoms with E-state index in [1.54, 1.807) is 49.6 Å². The van der Waals surface area contributed by atoms with Crippen LogP contribution in [0.15, 0.2) is 70.7 Å². The zero-order valence-corrected chi connectivity index (χ0v) is 21.8. The van der Waals surface area contributed by atoms with Crippen LogP contribution >= 0.6 is 27.3 Å². The molecule has 0 spiro atoms. The molecular formula is C27H19BrN2O6S. The second kappa shape index (κ2) is 9.20. The van der Waals surface area contributed by atoms with Gasteiger partial charge in [-0.2, -0.15) is 0 Å². The monoisotopic (exact) mass is 578 g/mol. The number of benzene rings is 3. The number of Topliss-reactive ketones (excluding diaryl/α,β-unsaturated/α-hetero) is 1. The minimum atomic E-state index is -0.885. The summed E-state index contributed by atoms with van der Waals surface area (Å²) in [6, 6.07) is 16.7. The normalized spacial score (nSPS) is 18.4. The maximum absolute atomic E-state index is 13.5. The van der Waals surface area contributed by atoms with E-state index in [4.69, 9.17) is 14.2 Å². The minimum absolute atomic E-state index is 0.0270. The van der Waals surface area contributed by atoms with Crippen LogP contribution in [0.3, 0.4) is 0 Å². The van der Waals surface area contributed by atoms with Crippen LogP contribution < -0.4 is 19.1 Å². The Kier molecular flexibility index (Phi) is 5.85. The molecule has 1 saturated heterocycles. The summed E-state index contributed by atoms with van der Waals surface area (Å²) in [6.07, 6.45) is 0. The van der Waals surface area contributed by atoms with Gasteiger partial charge in [0.15, 0.2) is 16.6 Å². The molecule has 2 aliphatic rings. The van der Waals surface area contributed by atoms with Crippen molar-refractivity contribution in [3.05, 3.63) is 81.8 Å². The number of aliphatic hydroxyl groups excluding tert-OH is 1. The highest BCUT2D eigenvalue weighted by Crippen LogP contribution is 2.45. The quantitative estimate of drug-likeness (QED) is 0.195. The molecule has 0 radical (unpaired) electrons. The van der Waals surface area contributed by atoms with Gasteiger partial charge >= 0.3 is 5.91 Å². The lowest BCUT2D eigenvalue weighted by molar-refractivity contribution is -0.132. The Balaban J connectivity index is 1.52. The summed E-state index contributed by atoms with van der Waals surface area (Å²) in [5, 5.41) is 11.8. The van der Waals surface area contributed by atoms with Crippen molar-refractivity contribution in [2.24, 2.45) is 0 Å². The third-order valence-corrected chi connectivity index (χ3v) is 7.78. The molecule has 186 valence electrons. The van der Waals surface area contributed by atoms with Crippen molar-refractivity contribution < 1.29 is 28.9 Å². The number of methoxy groups -OCH3 is 1.